The Kier molecular flexibility index (Phi) is 12.5. The van der Waals surface area contributed by atoms with Crippen molar-refractivity contribution in [3.8, 4) is 0 Å². The molecule has 0 atom stereocenters. The van der Waals surface area contributed by atoms with Gasteiger partial charge in [0, 0.05) is 39.7 Å². The zero-order valence-electron chi connectivity index (χ0n) is 15.2. The summed E-state index contributed by atoms with van der Waals surface area (Å²) >= 11 is 0. The highest BCUT2D eigenvalue weighted by molar-refractivity contribution is 5.74. The number of ether oxygens (including phenoxy) is 2. The fourth-order valence-electron chi connectivity index (χ4n) is 2.00. The lowest BCUT2D eigenvalue weighted by Gasteiger charge is -2.26. The van der Waals surface area contributed by atoms with Gasteiger partial charge >= 0.3 is 0 Å². The van der Waals surface area contributed by atoms with E-state index < -0.39 is 0 Å². The first-order chi connectivity index (χ1) is 10.4. The van der Waals surface area contributed by atoms with Gasteiger partial charge in [0.1, 0.15) is 0 Å². The molecule has 1 saturated heterocycles. The number of amides is 1. The monoisotopic (exact) mass is 316 g/mol. The van der Waals surface area contributed by atoms with Crippen molar-refractivity contribution in [1.82, 2.24) is 10.2 Å². The second-order valence-corrected chi connectivity index (χ2v) is 6.76. The number of nitrogens with one attached hydrogen (secondary N) is 1. The maximum absolute atomic E-state index is 10.1. The molecule has 0 aromatic carbocycles. The Hall–Kier alpha value is -0.650. The van der Waals surface area contributed by atoms with E-state index in [0.29, 0.717) is 11.8 Å². The van der Waals surface area contributed by atoms with E-state index in [2.05, 4.69) is 31.0 Å². The maximum atomic E-state index is 10.1. The first-order valence-corrected chi connectivity index (χ1v) is 8.47. The first-order valence-electron chi connectivity index (χ1n) is 8.47. The van der Waals surface area contributed by atoms with Crippen LogP contribution in [0.4, 0.5) is 0 Å². The summed E-state index contributed by atoms with van der Waals surface area (Å²) in [5, 5.41) is 2.48. The highest BCUT2D eigenvalue weighted by Gasteiger charge is 2.10. The number of rotatable bonds is 7. The second kappa shape index (κ2) is 12.9. The van der Waals surface area contributed by atoms with E-state index in [-0.39, 0.29) is 5.91 Å². The fourth-order valence-corrected chi connectivity index (χ4v) is 2.00. The van der Waals surface area contributed by atoms with E-state index in [9.17, 15) is 4.79 Å². The van der Waals surface area contributed by atoms with Crippen LogP contribution < -0.4 is 5.32 Å². The molecule has 1 aliphatic heterocycles. The predicted molar refractivity (Wildman–Crippen MR) is 91.1 cm³/mol. The highest BCUT2D eigenvalue weighted by atomic mass is 16.5. The van der Waals surface area contributed by atoms with Gasteiger partial charge in [0.25, 0.3) is 0 Å². The molecule has 0 saturated carbocycles. The number of hydrogen-bond acceptors (Lipinski definition) is 4. The molecule has 0 spiro atoms. The van der Waals surface area contributed by atoms with Crippen LogP contribution >= 0.6 is 0 Å². The Morgan fingerprint density at radius 3 is 2.32 bits per heavy atom. The van der Waals surface area contributed by atoms with Gasteiger partial charge in [-0.2, -0.15) is 0 Å². The van der Waals surface area contributed by atoms with Gasteiger partial charge in [0.05, 0.1) is 19.8 Å². The third-order valence-corrected chi connectivity index (χ3v) is 3.47. The molecule has 0 aliphatic carbocycles. The molecule has 5 nitrogen and oxygen atoms in total. The number of nitrogens with zero attached hydrogens (tertiary/aromatic N) is 1. The zero-order chi connectivity index (χ0) is 16.8. The zero-order valence-corrected chi connectivity index (χ0v) is 15.2. The van der Waals surface area contributed by atoms with E-state index in [4.69, 9.17) is 9.47 Å². The van der Waals surface area contributed by atoms with Crippen molar-refractivity contribution >= 4 is 5.91 Å². The summed E-state index contributed by atoms with van der Waals surface area (Å²) in [6.45, 7) is 15.4. The van der Waals surface area contributed by atoms with Gasteiger partial charge in [-0.05, 0) is 18.3 Å². The molecule has 1 amide bonds. The molecule has 0 unspecified atom stereocenters. The molecule has 132 valence electrons. The van der Waals surface area contributed by atoms with Crippen LogP contribution in [-0.4, -0.2) is 63.9 Å². The Morgan fingerprint density at radius 2 is 1.86 bits per heavy atom. The van der Waals surface area contributed by atoms with E-state index in [0.717, 1.165) is 46.1 Å². The van der Waals surface area contributed by atoms with Crippen LogP contribution in [0.15, 0.2) is 0 Å². The average Bonchev–Trinajstić information content (AvgIpc) is 2.50. The summed E-state index contributed by atoms with van der Waals surface area (Å²) in [6.07, 6.45) is 2.99. The summed E-state index contributed by atoms with van der Waals surface area (Å²) in [5.41, 5.74) is 0.438. The van der Waals surface area contributed by atoms with Crippen LogP contribution in [-0.2, 0) is 14.3 Å². The van der Waals surface area contributed by atoms with Crippen molar-refractivity contribution in [3.63, 3.8) is 0 Å². The molecule has 0 bridgehead atoms. The lowest BCUT2D eigenvalue weighted by atomic mass is 9.91. The predicted octanol–water partition coefficient (Wildman–Crippen LogP) is 2.30. The maximum Gasteiger partial charge on any atom is 0.219 e. The van der Waals surface area contributed by atoms with E-state index in [1.165, 1.54) is 12.8 Å². The number of carbonyl (C=O) groups is 1. The Bertz CT molecular complexity index is 266. The van der Waals surface area contributed by atoms with Crippen LogP contribution in [0.3, 0.4) is 0 Å². The van der Waals surface area contributed by atoms with Crippen molar-refractivity contribution < 1.29 is 14.3 Å². The highest BCUT2D eigenvalue weighted by Crippen LogP contribution is 2.20. The standard InChI is InChI=1S/C13H27NO2.C4H9NO/c1-13(2,3)5-4-9-15-10-6-14-7-11-16-12-8-14;1-3-4(6)5-2/h4-12H2,1-3H3;3H2,1-2H3,(H,5,6). The van der Waals surface area contributed by atoms with Crippen LogP contribution in [0.2, 0.25) is 0 Å². The lowest BCUT2D eigenvalue weighted by molar-refractivity contribution is -0.120. The van der Waals surface area contributed by atoms with Gasteiger partial charge in [0.2, 0.25) is 5.91 Å². The molecule has 0 aromatic heterocycles. The van der Waals surface area contributed by atoms with Gasteiger partial charge in [-0.15, -0.1) is 0 Å². The van der Waals surface area contributed by atoms with Crippen molar-refractivity contribution in [2.45, 2.75) is 47.0 Å². The van der Waals surface area contributed by atoms with Crippen molar-refractivity contribution in [2.24, 2.45) is 5.41 Å². The summed E-state index contributed by atoms with van der Waals surface area (Å²) < 4.78 is 10.9. The minimum atomic E-state index is 0.0926. The van der Waals surface area contributed by atoms with Crippen LogP contribution in [0.5, 0.6) is 0 Å². The quantitative estimate of drug-likeness (QED) is 0.732. The minimum Gasteiger partial charge on any atom is -0.380 e. The third-order valence-electron chi connectivity index (χ3n) is 3.47. The number of carbonyl (C=O) groups excluding carboxylic acids is 1. The van der Waals surface area contributed by atoms with Gasteiger partial charge in [-0.3, -0.25) is 9.69 Å². The SMILES string of the molecule is CC(C)(C)CCCOCCN1CCOCC1.CCC(=O)NC. The van der Waals surface area contributed by atoms with Gasteiger partial charge in [-0.1, -0.05) is 27.7 Å². The largest absolute Gasteiger partial charge is 0.380 e. The van der Waals surface area contributed by atoms with Gasteiger partial charge in [0.15, 0.2) is 0 Å². The Labute approximate surface area is 136 Å². The smallest absolute Gasteiger partial charge is 0.219 e. The normalized spacial score (nSPS) is 15.9. The molecule has 0 aromatic rings. The van der Waals surface area contributed by atoms with E-state index in [1.54, 1.807) is 7.05 Å². The fraction of sp³-hybridized carbons (Fsp3) is 0.941. The van der Waals surface area contributed by atoms with E-state index >= 15 is 0 Å². The Balaban J connectivity index is 0.000000626. The van der Waals surface area contributed by atoms with Crippen molar-refractivity contribution in [2.75, 3.05) is 53.1 Å². The summed E-state index contributed by atoms with van der Waals surface area (Å²) in [4.78, 5) is 12.5. The first kappa shape index (κ1) is 21.4. The molecule has 1 heterocycles. The summed E-state index contributed by atoms with van der Waals surface area (Å²) in [7, 11) is 1.63. The lowest BCUT2D eigenvalue weighted by Crippen LogP contribution is -2.38. The van der Waals surface area contributed by atoms with Crippen LogP contribution in [0, 0.1) is 5.41 Å². The van der Waals surface area contributed by atoms with E-state index in [1.807, 2.05) is 6.92 Å². The molecule has 1 aliphatic rings. The Morgan fingerprint density at radius 1 is 1.23 bits per heavy atom. The molecular weight excluding hydrogens is 280 g/mol. The van der Waals surface area contributed by atoms with Gasteiger partial charge in [-0.25, -0.2) is 0 Å². The topological polar surface area (TPSA) is 50.8 Å². The van der Waals surface area contributed by atoms with Crippen LogP contribution in [0.1, 0.15) is 47.0 Å². The molecule has 1 fully saturated rings. The van der Waals surface area contributed by atoms with Gasteiger partial charge < -0.3 is 14.8 Å². The summed E-state index contributed by atoms with van der Waals surface area (Å²) in [5.74, 6) is 0.0926. The van der Waals surface area contributed by atoms with Crippen molar-refractivity contribution in [3.05, 3.63) is 0 Å². The molecule has 1 N–H and O–H groups in total. The minimum absolute atomic E-state index is 0.0926. The summed E-state index contributed by atoms with van der Waals surface area (Å²) in [6, 6.07) is 0. The number of hydrogen-bond donors (Lipinski definition) is 1. The number of morpholine rings is 1. The van der Waals surface area contributed by atoms with Crippen LogP contribution in [0.25, 0.3) is 0 Å². The molecule has 22 heavy (non-hydrogen) atoms. The molecular formula is C17H36N2O3. The second-order valence-electron chi connectivity index (χ2n) is 6.76. The molecule has 0 radical (unpaired) electrons. The molecule has 5 heteroatoms. The van der Waals surface area contributed by atoms with Crippen molar-refractivity contribution in [1.29, 1.82) is 0 Å². The average molecular weight is 316 g/mol. The molecule has 1 rings (SSSR count). The third kappa shape index (κ3) is 14.3.